The van der Waals surface area contributed by atoms with Crippen LogP contribution in [0.5, 0.6) is 5.75 Å². The number of benzene rings is 2. The van der Waals surface area contributed by atoms with Crippen LogP contribution in [0, 0.1) is 0 Å². The van der Waals surface area contributed by atoms with Crippen LogP contribution in [-0.2, 0) is 14.3 Å². The summed E-state index contributed by atoms with van der Waals surface area (Å²) < 4.78 is 10.8. The summed E-state index contributed by atoms with van der Waals surface area (Å²) >= 11 is 5.95. The van der Waals surface area contributed by atoms with Gasteiger partial charge in [0.15, 0.2) is 0 Å². The van der Waals surface area contributed by atoms with Crippen LogP contribution in [0.2, 0.25) is 5.02 Å². The lowest BCUT2D eigenvalue weighted by Gasteiger charge is -2.25. The van der Waals surface area contributed by atoms with E-state index in [4.69, 9.17) is 21.1 Å². The number of carbonyl (C=O) groups excluding carboxylic acids is 2. The summed E-state index contributed by atoms with van der Waals surface area (Å²) in [6, 6.07) is 12.9. The summed E-state index contributed by atoms with van der Waals surface area (Å²) in [5.74, 6) is -0.917. The number of aliphatic hydroxyl groups is 1. The summed E-state index contributed by atoms with van der Waals surface area (Å²) in [6.07, 6.45) is 0.650. The predicted octanol–water partition coefficient (Wildman–Crippen LogP) is 4.59. The van der Waals surface area contributed by atoms with E-state index < -0.39 is 17.7 Å². The maximum atomic E-state index is 13.0. The van der Waals surface area contributed by atoms with Gasteiger partial charge >= 0.3 is 0 Å². The van der Waals surface area contributed by atoms with Crippen LogP contribution in [0.25, 0.3) is 5.76 Å². The number of hydrogen-bond donors (Lipinski definition) is 1. The molecule has 0 bridgehead atoms. The average Bonchev–Trinajstić information content (AvgIpc) is 3.01. The molecule has 164 valence electrons. The highest BCUT2D eigenvalue weighted by atomic mass is 35.5. The van der Waals surface area contributed by atoms with Crippen molar-refractivity contribution in [1.82, 2.24) is 4.90 Å². The minimum Gasteiger partial charge on any atom is -0.507 e. The number of methoxy groups -OCH3 is 1. The van der Waals surface area contributed by atoms with Gasteiger partial charge < -0.3 is 19.5 Å². The van der Waals surface area contributed by atoms with Crippen molar-refractivity contribution in [2.75, 3.05) is 20.3 Å². The molecule has 1 aliphatic heterocycles. The molecular formula is C24H26ClNO5. The van der Waals surface area contributed by atoms with Gasteiger partial charge in [-0.15, -0.1) is 0 Å². The van der Waals surface area contributed by atoms with Crippen LogP contribution in [0.15, 0.2) is 54.1 Å². The van der Waals surface area contributed by atoms with Gasteiger partial charge in [0.05, 0.1) is 24.8 Å². The molecule has 1 N–H and O–H groups in total. The molecule has 0 aromatic heterocycles. The lowest BCUT2D eigenvalue weighted by atomic mass is 9.95. The van der Waals surface area contributed by atoms with Crippen LogP contribution in [0.1, 0.15) is 37.4 Å². The second-order valence-electron chi connectivity index (χ2n) is 7.55. The van der Waals surface area contributed by atoms with Crippen LogP contribution in [0.4, 0.5) is 0 Å². The highest BCUT2D eigenvalue weighted by Gasteiger charge is 2.45. The molecule has 3 rings (SSSR count). The summed E-state index contributed by atoms with van der Waals surface area (Å²) in [4.78, 5) is 27.3. The van der Waals surface area contributed by atoms with Crippen molar-refractivity contribution >= 4 is 29.1 Å². The van der Waals surface area contributed by atoms with Crippen LogP contribution in [-0.4, -0.2) is 48.1 Å². The Morgan fingerprint density at radius 3 is 2.32 bits per heavy atom. The van der Waals surface area contributed by atoms with E-state index in [-0.39, 0.29) is 17.4 Å². The smallest absolute Gasteiger partial charge is 0.295 e. The molecule has 1 fully saturated rings. The maximum Gasteiger partial charge on any atom is 0.295 e. The topological polar surface area (TPSA) is 76.1 Å². The lowest BCUT2D eigenvalue weighted by molar-refractivity contribution is -0.140. The molecule has 0 aliphatic carbocycles. The normalized spacial score (nSPS) is 18.1. The average molecular weight is 444 g/mol. The van der Waals surface area contributed by atoms with Gasteiger partial charge in [0.2, 0.25) is 0 Å². The van der Waals surface area contributed by atoms with Gasteiger partial charge in [0, 0.05) is 23.7 Å². The third-order valence-electron chi connectivity index (χ3n) is 5.08. The Morgan fingerprint density at radius 2 is 1.74 bits per heavy atom. The van der Waals surface area contributed by atoms with Crippen LogP contribution in [0.3, 0.4) is 0 Å². The summed E-state index contributed by atoms with van der Waals surface area (Å²) in [5, 5.41) is 11.5. The Hall–Kier alpha value is -2.83. The van der Waals surface area contributed by atoms with E-state index in [1.807, 2.05) is 13.8 Å². The lowest BCUT2D eigenvalue weighted by Crippen LogP contribution is -2.31. The number of aliphatic hydroxyl groups excluding tert-OH is 1. The first-order valence-corrected chi connectivity index (χ1v) is 10.5. The quantitative estimate of drug-likeness (QED) is 0.279. The molecule has 7 heteroatoms. The van der Waals surface area contributed by atoms with Crippen molar-refractivity contribution < 1.29 is 24.2 Å². The molecule has 2 aromatic rings. The Bertz CT molecular complexity index is 966. The summed E-state index contributed by atoms with van der Waals surface area (Å²) in [6.45, 7) is 4.67. The van der Waals surface area contributed by atoms with E-state index in [9.17, 15) is 14.7 Å². The summed E-state index contributed by atoms with van der Waals surface area (Å²) in [5.41, 5.74) is 1.19. The fourth-order valence-corrected chi connectivity index (χ4v) is 3.69. The standard InChI is InChI=1S/C24H26ClNO5/c1-15(2)31-14-4-13-26-21(16-7-11-19(30-3)12-8-16)20(23(28)24(26)29)22(27)17-5-9-18(25)10-6-17/h5-12,15,21,27H,4,13-14H2,1-3H3/b22-20-. The zero-order chi connectivity index (χ0) is 22.5. The SMILES string of the molecule is COc1ccc(C2/C(=C(/O)c3ccc(Cl)cc3)C(=O)C(=O)N2CCCOC(C)C)cc1. The van der Waals surface area contributed by atoms with Crippen LogP contribution < -0.4 is 4.74 Å². The molecular weight excluding hydrogens is 418 g/mol. The molecule has 1 saturated heterocycles. The van der Waals surface area contributed by atoms with Crippen molar-refractivity contribution in [1.29, 1.82) is 0 Å². The number of Topliss-reactive ketones (excluding diaryl/α,β-unsaturated/α-hetero) is 1. The molecule has 1 unspecified atom stereocenters. The Morgan fingerprint density at radius 1 is 1.10 bits per heavy atom. The molecule has 1 aliphatic rings. The van der Waals surface area contributed by atoms with E-state index in [1.165, 1.54) is 4.90 Å². The van der Waals surface area contributed by atoms with Gasteiger partial charge in [-0.25, -0.2) is 0 Å². The number of rotatable bonds is 8. The van der Waals surface area contributed by atoms with Gasteiger partial charge in [0.25, 0.3) is 11.7 Å². The number of nitrogens with zero attached hydrogens (tertiary/aromatic N) is 1. The predicted molar refractivity (Wildman–Crippen MR) is 119 cm³/mol. The third-order valence-corrected chi connectivity index (χ3v) is 5.34. The van der Waals surface area contributed by atoms with E-state index in [0.29, 0.717) is 41.5 Å². The zero-order valence-corrected chi connectivity index (χ0v) is 18.6. The van der Waals surface area contributed by atoms with Gasteiger partial charge in [-0.3, -0.25) is 9.59 Å². The molecule has 2 aromatic carbocycles. The first-order chi connectivity index (χ1) is 14.8. The molecule has 0 spiro atoms. The van der Waals surface area contributed by atoms with E-state index >= 15 is 0 Å². The van der Waals surface area contributed by atoms with Crippen LogP contribution >= 0.6 is 11.6 Å². The molecule has 31 heavy (non-hydrogen) atoms. The number of ketones is 1. The monoisotopic (exact) mass is 443 g/mol. The van der Waals surface area contributed by atoms with Gasteiger partial charge in [-0.2, -0.15) is 0 Å². The van der Waals surface area contributed by atoms with E-state index in [2.05, 4.69) is 0 Å². The zero-order valence-electron chi connectivity index (χ0n) is 17.8. The first-order valence-electron chi connectivity index (χ1n) is 10.1. The second-order valence-corrected chi connectivity index (χ2v) is 7.98. The molecule has 0 radical (unpaired) electrons. The number of hydrogen-bond acceptors (Lipinski definition) is 5. The number of ether oxygens (including phenoxy) is 2. The van der Waals surface area contributed by atoms with Crippen molar-refractivity contribution in [3.8, 4) is 5.75 Å². The van der Waals surface area contributed by atoms with Gasteiger partial charge in [-0.1, -0.05) is 23.7 Å². The number of amides is 1. The molecule has 1 heterocycles. The number of halogens is 1. The second kappa shape index (κ2) is 9.98. The van der Waals surface area contributed by atoms with Crippen molar-refractivity contribution in [3.05, 3.63) is 70.3 Å². The highest BCUT2D eigenvalue weighted by Crippen LogP contribution is 2.40. The Labute approximate surface area is 187 Å². The minimum absolute atomic E-state index is 0.0577. The highest BCUT2D eigenvalue weighted by molar-refractivity contribution is 6.46. The van der Waals surface area contributed by atoms with E-state index in [1.54, 1.807) is 55.6 Å². The van der Waals surface area contributed by atoms with Gasteiger partial charge in [0.1, 0.15) is 11.5 Å². The van der Waals surface area contributed by atoms with Crippen molar-refractivity contribution in [2.24, 2.45) is 0 Å². The van der Waals surface area contributed by atoms with E-state index in [0.717, 1.165) is 0 Å². The largest absolute Gasteiger partial charge is 0.507 e. The Kier molecular flexibility index (Phi) is 7.36. The molecule has 0 saturated carbocycles. The third kappa shape index (κ3) is 5.09. The maximum absolute atomic E-state index is 13.0. The Balaban J connectivity index is 2.02. The number of carbonyl (C=O) groups is 2. The minimum atomic E-state index is -0.710. The van der Waals surface area contributed by atoms with Crippen molar-refractivity contribution in [3.63, 3.8) is 0 Å². The van der Waals surface area contributed by atoms with Crippen molar-refractivity contribution in [2.45, 2.75) is 32.4 Å². The number of likely N-dealkylation sites (tertiary alicyclic amines) is 1. The fraction of sp³-hybridized carbons (Fsp3) is 0.333. The van der Waals surface area contributed by atoms with Gasteiger partial charge in [-0.05, 0) is 62.2 Å². The fourth-order valence-electron chi connectivity index (χ4n) is 3.56. The molecule has 6 nitrogen and oxygen atoms in total. The molecule has 1 amide bonds. The first kappa shape index (κ1) is 22.8. The molecule has 1 atom stereocenters. The summed E-state index contributed by atoms with van der Waals surface area (Å²) in [7, 11) is 1.57.